The van der Waals surface area contributed by atoms with Gasteiger partial charge in [0.2, 0.25) is 10.0 Å². The molecule has 0 aliphatic rings. The first kappa shape index (κ1) is 17.2. The van der Waals surface area contributed by atoms with Crippen molar-refractivity contribution in [3.63, 3.8) is 0 Å². The Morgan fingerprint density at radius 3 is 2.30 bits per heavy atom. The van der Waals surface area contributed by atoms with E-state index in [1.807, 2.05) is 20.8 Å². The van der Waals surface area contributed by atoms with Crippen LogP contribution in [0.1, 0.15) is 37.9 Å². The molecular formula is C14H26N2O3S. The molecule has 1 rings (SSSR count). The van der Waals surface area contributed by atoms with E-state index >= 15 is 0 Å². The molecule has 0 amide bonds. The smallest absolute Gasteiger partial charge is 0.246 e. The lowest BCUT2D eigenvalue weighted by Crippen LogP contribution is -2.35. The maximum absolute atomic E-state index is 12.9. The van der Waals surface area contributed by atoms with Gasteiger partial charge in [0, 0.05) is 25.2 Å². The van der Waals surface area contributed by atoms with Crippen LogP contribution in [0.5, 0.6) is 0 Å². The van der Waals surface area contributed by atoms with Gasteiger partial charge in [0.15, 0.2) is 0 Å². The molecule has 1 N–H and O–H groups in total. The second-order valence-electron chi connectivity index (χ2n) is 5.40. The number of furan rings is 1. The highest BCUT2D eigenvalue weighted by Crippen LogP contribution is 2.29. The van der Waals surface area contributed by atoms with Crippen LogP contribution >= 0.6 is 0 Å². The Labute approximate surface area is 122 Å². The topological polar surface area (TPSA) is 62.6 Å². The van der Waals surface area contributed by atoms with E-state index in [0.29, 0.717) is 36.1 Å². The zero-order valence-corrected chi connectivity index (χ0v) is 14.1. The fourth-order valence-electron chi connectivity index (χ4n) is 2.36. The van der Waals surface area contributed by atoms with Gasteiger partial charge in [-0.1, -0.05) is 20.8 Å². The zero-order chi connectivity index (χ0) is 15.5. The van der Waals surface area contributed by atoms with Gasteiger partial charge in [-0.15, -0.1) is 0 Å². The fraction of sp³-hybridized carbons (Fsp3) is 0.714. The van der Waals surface area contributed by atoms with E-state index in [0.717, 1.165) is 5.56 Å². The average molecular weight is 302 g/mol. The van der Waals surface area contributed by atoms with Gasteiger partial charge in [0.1, 0.15) is 16.4 Å². The van der Waals surface area contributed by atoms with Gasteiger partial charge in [0.05, 0.1) is 0 Å². The van der Waals surface area contributed by atoms with E-state index in [1.54, 1.807) is 20.9 Å². The van der Waals surface area contributed by atoms with E-state index in [2.05, 4.69) is 5.32 Å². The van der Waals surface area contributed by atoms with Gasteiger partial charge in [-0.25, -0.2) is 8.42 Å². The Balaban J connectivity index is 3.33. The van der Waals surface area contributed by atoms with Crippen molar-refractivity contribution in [1.82, 2.24) is 9.62 Å². The van der Waals surface area contributed by atoms with Crippen molar-refractivity contribution in [2.24, 2.45) is 5.92 Å². The first-order valence-electron chi connectivity index (χ1n) is 6.99. The van der Waals surface area contributed by atoms with Crippen LogP contribution in [0, 0.1) is 19.8 Å². The number of hydrogen-bond acceptors (Lipinski definition) is 4. The lowest BCUT2D eigenvalue weighted by molar-refractivity contribution is 0.379. The summed E-state index contributed by atoms with van der Waals surface area (Å²) in [6, 6.07) is 0. The Bertz CT molecular complexity index is 547. The highest BCUT2D eigenvalue weighted by molar-refractivity contribution is 7.89. The van der Waals surface area contributed by atoms with Crippen LogP contribution in [-0.4, -0.2) is 32.9 Å². The molecule has 0 spiro atoms. The molecule has 1 aromatic rings. The highest BCUT2D eigenvalue weighted by Gasteiger charge is 2.31. The standard InChI is InChI=1S/C14H26N2O3S/c1-7-16(9-10(2)3)20(17,18)14-12(5)19-11(4)13(14)8-15-6/h10,15H,7-9H2,1-6H3. The molecule has 0 fully saturated rings. The molecule has 1 aromatic heterocycles. The first-order valence-corrected chi connectivity index (χ1v) is 8.43. The number of nitrogens with one attached hydrogen (secondary N) is 1. The van der Waals surface area contributed by atoms with Gasteiger partial charge >= 0.3 is 0 Å². The third kappa shape index (κ3) is 3.42. The summed E-state index contributed by atoms with van der Waals surface area (Å²) in [4.78, 5) is 0.326. The Morgan fingerprint density at radius 1 is 1.25 bits per heavy atom. The molecule has 0 saturated carbocycles. The molecule has 20 heavy (non-hydrogen) atoms. The number of rotatable bonds is 7. The summed E-state index contributed by atoms with van der Waals surface area (Å²) in [5.41, 5.74) is 0.729. The quantitative estimate of drug-likeness (QED) is 0.839. The minimum atomic E-state index is -3.51. The molecule has 0 saturated heterocycles. The normalized spacial score (nSPS) is 12.6. The molecule has 0 unspecified atom stereocenters. The summed E-state index contributed by atoms with van der Waals surface area (Å²) < 4.78 is 32.8. The molecule has 0 bridgehead atoms. The molecule has 5 nitrogen and oxygen atoms in total. The summed E-state index contributed by atoms with van der Waals surface area (Å²) >= 11 is 0. The molecule has 1 heterocycles. The summed E-state index contributed by atoms with van der Waals surface area (Å²) in [6.07, 6.45) is 0. The third-order valence-corrected chi connectivity index (χ3v) is 5.33. The maximum Gasteiger partial charge on any atom is 0.246 e. The van der Waals surface area contributed by atoms with Crippen molar-refractivity contribution in [3.8, 4) is 0 Å². The van der Waals surface area contributed by atoms with Crippen LogP contribution in [0.25, 0.3) is 0 Å². The summed E-state index contributed by atoms with van der Waals surface area (Å²) in [7, 11) is -1.71. The van der Waals surface area contributed by atoms with Crippen molar-refractivity contribution >= 4 is 10.0 Å². The van der Waals surface area contributed by atoms with Crippen molar-refractivity contribution in [2.75, 3.05) is 20.1 Å². The summed E-state index contributed by atoms with van der Waals surface area (Å²) in [6.45, 7) is 10.9. The van der Waals surface area contributed by atoms with Crippen molar-refractivity contribution in [2.45, 2.75) is 46.1 Å². The fourth-order valence-corrected chi connectivity index (χ4v) is 4.39. The van der Waals surface area contributed by atoms with Gasteiger partial charge in [-0.2, -0.15) is 4.31 Å². The van der Waals surface area contributed by atoms with Crippen LogP contribution in [0.3, 0.4) is 0 Å². The third-order valence-electron chi connectivity index (χ3n) is 3.20. The van der Waals surface area contributed by atoms with E-state index in [4.69, 9.17) is 4.42 Å². The van der Waals surface area contributed by atoms with Crippen LogP contribution in [0.15, 0.2) is 9.31 Å². The molecule has 0 aliphatic heterocycles. The van der Waals surface area contributed by atoms with Crippen LogP contribution in [-0.2, 0) is 16.6 Å². The highest BCUT2D eigenvalue weighted by atomic mass is 32.2. The average Bonchev–Trinajstić information content (AvgIpc) is 2.61. The molecular weight excluding hydrogens is 276 g/mol. The Hall–Kier alpha value is -0.850. The summed E-state index contributed by atoms with van der Waals surface area (Å²) in [5.74, 6) is 1.41. The first-order chi connectivity index (χ1) is 9.25. The van der Waals surface area contributed by atoms with Gasteiger partial charge in [0.25, 0.3) is 0 Å². The lowest BCUT2D eigenvalue weighted by atomic mass is 10.2. The monoisotopic (exact) mass is 302 g/mol. The van der Waals surface area contributed by atoms with Crippen molar-refractivity contribution in [1.29, 1.82) is 0 Å². The largest absolute Gasteiger partial charge is 0.465 e. The molecule has 0 aromatic carbocycles. The van der Waals surface area contributed by atoms with Crippen LogP contribution in [0.4, 0.5) is 0 Å². The minimum Gasteiger partial charge on any atom is -0.465 e. The van der Waals surface area contributed by atoms with Gasteiger partial charge in [-0.05, 0) is 26.8 Å². The molecule has 0 aliphatic carbocycles. The van der Waals surface area contributed by atoms with E-state index < -0.39 is 10.0 Å². The minimum absolute atomic E-state index is 0.283. The predicted molar refractivity (Wildman–Crippen MR) is 80.2 cm³/mol. The van der Waals surface area contributed by atoms with Crippen molar-refractivity contribution in [3.05, 3.63) is 17.1 Å². The van der Waals surface area contributed by atoms with Crippen LogP contribution in [0.2, 0.25) is 0 Å². The van der Waals surface area contributed by atoms with Gasteiger partial charge in [-0.3, -0.25) is 0 Å². The van der Waals surface area contributed by atoms with E-state index in [9.17, 15) is 8.42 Å². The van der Waals surface area contributed by atoms with Crippen molar-refractivity contribution < 1.29 is 12.8 Å². The number of nitrogens with zero attached hydrogens (tertiary/aromatic N) is 1. The van der Waals surface area contributed by atoms with E-state index in [1.165, 1.54) is 4.31 Å². The molecule has 116 valence electrons. The van der Waals surface area contributed by atoms with Crippen LogP contribution < -0.4 is 5.32 Å². The Morgan fingerprint density at radius 2 is 1.85 bits per heavy atom. The molecule has 0 radical (unpaired) electrons. The predicted octanol–water partition coefficient (Wildman–Crippen LogP) is 2.28. The Kier molecular flexibility index (Phi) is 5.79. The number of aryl methyl sites for hydroxylation is 2. The number of sulfonamides is 1. The second-order valence-corrected chi connectivity index (χ2v) is 7.28. The number of hydrogen-bond donors (Lipinski definition) is 1. The SMILES string of the molecule is CCN(CC(C)C)S(=O)(=O)c1c(C)oc(C)c1CNC. The summed E-state index contributed by atoms with van der Waals surface area (Å²) in [5, 5.41) is 3.01. The van der Waals surface area contributed by atoms with Gasteiger partial charge < -0.3 is 9.73 Å². The maximum atomic E-state index is 12.9. The molecule has 6 heteroatoms. The second kappa shape index (κ2) is 6.74. The van der Waals surface area contributed by atoms with E-state index in [-0.39, 0.29) is 5.92 Å². The lowest BCUT2D eigenvalue weighted by Gasteiger charge is -2.22. The zero-order valence-electron chi connectivity index (χ0n) is 13.3. The molecule has 0 atom stereocenters.